The van der Waals surface area contributed by atoms with Crippen molar-refractivity contribution in [1.29, 1.82) is 0 Å². The summed E-state index contributed by atoms with van der Waals surface area (Å²) in [6.45, 7) is -0.819. The molecule has 0 aliphatic heterocycles. The molecule has 0 radical (unpaired) electrons. The van der Waals surface area contributed by atoms with E-state index >= 15 is 0 Å². The van der Waals surface area contributed by atoms with Crippen molar-refractivity contribution < 1.29 is 62.5 Å². The first-order valence-electron chi connectivity index (χ1n) is 5.41. The van der Waals surface area contributed by atoms with Gasteiger partial charge in [-0.15, -0.1) is 0 Å². The molecule has 0 aliphatic carbocycles. The van der Waals surface area contributed by atoms with Gasteiger partial charge in [0, 0.05) is 0 Å². The second-order valence-electron chi connectivity index (χ2n) is 3.04. The van der Waals surface area contributed by atoms with Crippen molar-refractivity contribution in [3.63, 3.8) is 0 Å². The topological polar surface area (TPSA) is 159 Å². The summed E-state index contributed by atoms with van der Waals surface area (Å²) in [5.41, 5.74) is 0. The zero-order valence-corrected chi connectivity index (χ0v) is 15.1. The van der Waals surface area contributed by atoms with Gasteiger partial charge in [-0.05, 0) is 0 Å². The Kier molecular flexibility index (Phi) is 12.7. The Hall–Kier alpha value is 1.41. The number of hydrogen-bond acceptors (Lipinski definition) is 8. The van der Waals surface area contributed by atoms with Gasteiger partial charge < -0.3 is 0 Å². The van der Waals surface area contributed by atoms with E-state index in [4.69, 9.17) is 20.4 Å². The molecule has 0 fully saturated rings. The molecule has 0 aromatic carbocycles. The fraction of sp³-hybridized carbons (Fsp3) is 1.00. The Morgan fingerprint density at radius 1 is 0.750 bits per heavy atom. The average Bonchev–Trinajstić information content (AvgIpc) is 2.34. The van der Waals surface area contributed by atoms with Gasteiger partial charge in [-0.2, -0.15) is 0 Å². The maximum absolute atomic E-state index is 10.9. The Labute approximate surface area is 127 Å². The van der Waals surface area contributed by atoms with Crippen LogP contribution in [0, 0.1) is 10.2 Å². The van der Waals surface area contributed by atoms with Crippen molar-refractivity contribution in [3.8, 4) is 0 Å². The van der Waals surface area contributed by atoms with Gasteiger partial charge >= 0.3 is 128 Å². The van der Waals surface area contributed by atoms with E-state index in [9.17, 15) is 14.0 Å². The van der Waals surface area contributed by atoms with Gasteiger partial charge in [0.25, 0.3) is 0 Å². The molecule has 20 heavy (non-hydrogen) atoms. The van der Waals surface area contributed by atoms with Gasteiger partial charge in [0.1, 0.15) is 0 Å². The van der Waals surface area contributed by atoms with Crippen molar-refractivity contribution in [2.24, 2.45) is 0 Å². The van der Waals surface area contributed by atoms with Crippen molar-refractivity contribution in [2.45, 2.75) is 0 Å². The molecule has 0 rings (SSSR count). The zero-order chi connectivity index (χ0) is 15.6. The van der Waals surface area contributed by atoms with Gasteiger partial charge in [0.15, 0.2) is 0 Å². The standard InChI is InChI=1S/2C4H10O2S.Au.ClHO4/c2*5-1-3-7-4-2-6;;2-1(3,4)5/h2*5-6H,1-4H2;;(H,2,3,4,5)/q;;+1;/p-1. The van der Waals surface area contributed by atoms with Crippen LogP contribution in [0.15, 0.2) is 0 Å². The number of aliphatic hydroxyl groups is 4. The first-order valence-corrected chi connectivity index (χ1v) is 15.6. The summed E-state index contributed by atoms with van der Waals surface area (Å²) in [4.78, 5) is 0. The summed E-state index contributed by atoms with van der Waals surface area (Å²) in [7, 11) is -6.02. The second-order valence-corrected chi connectivity index (χ2v) is 21.6. The van der Waals surface area contributed by atoms with Crippen molar-refractivity contribution in [1.82, 2.24) is 0 Å². The van der Waals surface area contributed by atoms with E-state index in [2.05, 4.69) is 2.80 Å². The molecule has 0 aliphatic rings. The molecule has 0 heterocycles. The van der Waals surface area contributed by atoms with E-state index in [1.807, 2.05) is 0 Å². The first kappa shape index (κ1) is 21.4. The predicted molar refractivity (Wildman–Crippen MR) is 64.1 cm³/mol. The summed E-state index contributed by atoms with van der Waals surface area (Å²) < 4.78 is 37.3. The number of halogens is 1. The van der Waals surface area contributed by atoms with Crippen LogP contribution in [0.3, 0.4) is 0 Å². The van der Waals surface area contributed by atoms with Gasteiger partial charge in [-0.25, -0.2) is 0 Å². The van der Waals surface area contributed by atoms with E-state index < -0.39 is 41.0 Å². The van der Waals surface area contributed by atoms with Gasteiger partial charge in [-0.1, -0.05) is 0 Å². The number of hydrogen-bond donors (Lipinski definition) is 4. The summed E-state index contributed by atoms with van der Waals surface area (Å²) in [6.07, 6.45) is 0. The fourth-order valence-corrected chi connectivity index (χ4v) is 28.8. The average molecular weight is 541 g/mol. The molecule has 8 nitrogen and oxygen atoms in total. The molecule has 0 unspecified atom stereocenters. The van der Waals surface area contributed by atoms with Gasteiger partial charge in [0.05, 0.1) is 0 Å². The quantitative estimate of drug-likeness (QED) is 0.203. The Bertz CT molecular complexity index is 326. The first-order chi connectivity index (χ1) is 9.39. The van der Waals surface area contributed by atoms with Crippen LogP contribution >= 0.6 is 15.7 Å². The van der Waals surface area contributed by atoms with Crippen LogP contribution in [0.2, 0.25) is 0 Å². The van der Waals surface area contributed by atoms with Crippen LogP contribution in [-0.2, 0) is 17.9 Å². The Morgan fingerprint density at radius 2 is 1.05 bits per heavy atom. The van der Waals surface area contributed by atoms with Crippen molar-refractivity contribution >= 4 is 15.7 Å². The van der Waals surface area contributed by atoms with Crippen LogP contribution < -0.4 is 14.0 Å². The molecular formula is C8H20AuClO8S2. The van der Waals surface area contributed by atoms with Gasteiger partial charge in [-0.3, -0.25) is 0 Å². The van der Waals surface area contributed by atoms with E-state index in [0.29, 0.717) is 0 Å². The summed E-state index contributed by atoms with van der Waals surface area (Å²) in [5.74, 6) is 0.972. The third-order valence-electron chi connectivity index (χ3n) is 1.57. The third-order valence-corrected chi connectivity index (χ3v) is 27.0. The molecule has 0 saturated carbocycles. The summed E-state index contributed by atoms with van der Waals surface area (Å²) in [5, 5.41) is 36.1. The van der Waals surface area contributed by atoms with Crippen molar-refractivity contribution in [3.05, 3.63) is 0 Å². The molecule has 12 heteroatoms. The number of aliphatic hydroxyl groups excluding tert-OH is 4. The van der Waals surface area contributed by atoms with Crippen LogP contribution in [0.4, 0.5) is 0 Å². The Morgan fingerprint density at radius 3 is 1.25 bits per heavy atom. The molecule has 0 atom stereocenters. The number of rotatable bonds is 10. The minimum atomic E-state index is -4.60. The molecular weight excluding hydrogens is 521 g/mol. The van der Waals surface area contributed by atoms with E-state index in [1.54, 1.807) is 0 Å². The van der Waals surface area contributed by atoms with Crippen LogP contribution in [-0.4, -0.2) is 69.9 Å². The van der Waals surface area contributed by atoms with E-state index in [1.165, 1.54) is 0 Å². The molecule has 0 aromatic rings. The fourth-order valence-electron chi connectivity index (χ4n) is 0.974. The SMILES string of the molecule is [O-][Cl+3]([O-])([O-])[O][Au](=[S](CCO)CCO)=[S](CCO)CCO. The predicted octanol–water partition coefficient (Wildman–Crippen LogP) is -4.23. The zero-order valence-electron chi connectivity index (χ0n) is 10.6. The normalized spacial score (nSPS) is 13.3. The second kappa shape index (κ2) is 11.9. The van der Waals surface area contributed by atoms with E-state index in [0.717, 1.165) is 0 Å². The molecule has 0 saturated heterocycles. The monoisotopic (exact) mass is 540 g/mol. The van der Waals surface area contributed by atoms with Crippen LogP contribution in [0.1, 0.15) is 0 Å². The third kappa shape index (κ3) is 9.43. The maximum atomic E-state index is 10.9. The molecule has 0 spiro atoms. The van der Waals surface area contributed by atoms with E-state index in [-0.39, 0.29) is 49.4 Å². The van der Waals surface area contributed by atoms with Gasteiger partial charge in [0.2, 0.25) is 0 Å². The minimum absolute atomic E-state index is 0.205. The summed E-state index contributed by atoms with van der Waals surface area (Å²) in [6, 6.07) is 0. The van der Waals surface area contributed by atoms with Crippen molar-refractivity contribution in [2.75, 3.05) is 49.4 Å². The summed E-state index contributed by atoms with van der Waals surface area (Å²) >= 11 is -2.76. The van der Waals surface area contributed by atoms with Crippen LogP contribution in [0.5, 0.6) is 0 Å². The Balaban J connectivity index is 5.82. The molecule has 0 amide bonds. The molecule has 130 valence electrons. The molecule has 0 bridgehead atoms. The van der Waals surface area contributed by atoms with Crippen LogP contribution in [0.25, 0.3) is 0 Å². The molecule has 0 aromatic heterocycles. The molecule has 4 N–H and O–H groups in total.